The number of fused-ring (bicyclic) bond motifs is 7. The molecule has 0 spiro atoms. The molecule has 18 amide bonds. The topological polar surface area (TPSA) is 579 Å². The number of aliphatic hydroxyl groups excluding tert-OH is 2. The number of nitrogens with one attached hydrogen (secondary N) is 15. The number of piperidine rings is 1. The summed E-state index contributed by atoms with van der Waals surface area (Å²) in [7, 11) is 0.669. The van der Waals surface area contributed by atoms with E-state index in [0.717, 1.165) is 11.8 Å². The van der Waals surface area contributed by atoms with E-state index in [1.54, 1.807) is 53.8 Å². The minimum absolute atomic E-state index is 0.0312. The second-order valence-corrected chi connectivity index (χ2v) is 29.5. The number of carbonyl (C=O) groups excluding carboxylic acids is 16. The SMILES string of the molecule is CCC[C@H]1C(=O)N2CCC[C@H]2C(=O)N[C@@H]([C@@H](C)CC)C(=O)N[C@H]2SS[C@H](NC(=O)[C@H]([C@@H](C)CC)NC(=O)NC(=O)NC(=O)[C@H](C)NC(=O)[C@H](CC(=O)O)NC(=O)[C@@H]3CCCN3C(=O)[C@H]([C@@H](C)CC)NC2=O)C(=O)N[C@@H](CO)C(=O)N[C@@H](CCCNC(=N)N)C(=O)N[C@@H](CO)C(=O)N[C@H]2CC(C)CN1C2=O. The van der Waals surface area contributed by atoms with E-state index < -0.39 is 227 Å². The summed E-state index contributed by atoms with van der Waals surface area (Å²) in [6.07, 6.45) is 0.0184. The third kappa shape index (κ3) is 24.2. The molecule has 105 heavy (non-hydrogen) atoms. The number of hydrogen-bond donors (Lipinski definition) is 19. The van der Waals surface area contributed by atoms with Crippen LogP contribution in [-0.2, 0) is 71.9 Å². The zero-order chi connectivity index (χ0) is 78.3. The Hall–Kier alpha value is -9.12. The van der Waals surface area contributed by atoms with E-state index in [4.69, 9.17) is 11.1 Å². The van der Waals surface area contributed by atoms with Crippen LogP contribution in [0.3, 0.4) is 0 Å². The molecule has 4 bridgehead atoms. The molecule has 586 valence electrons. The molecule has 39 nitrogen and oxygen atoms in total. The monoisotopic (exact) mass is 1520 g/mol. The van der Waals surface area contributed by atoms with Crippen molar-refractivity contribution in [3.8, 4) is 0 Å². The molecular weight excluding hydrogens is 1420 g/mol. The maximum atomic E-state index is 15.4. The Kier molecular flexibility index (Phi) is 33.8. The molecule has 18 atom stereocenters. The van der Waals surface area contributed by atoms with Crippen LogP contribution in [0.15, 0.2) is 0 Å². The van der Waals surface area contributed by atoms with E-state index in [2.05, 4.69) is 63.8 Å². The van der Waals surface area contributed by atoms with Gasteiger partial charge in [-0.2, -0.15) is 0 Å². The van der Waals surface area contributed by atoms with Gasteiger partial charge in [0.15, 0.2) is 16.7 Å². The molecular formula is C64H103N19O20S2. The first-order valence-corrected chi connectivity index (χ1v) is 37.6. The summed E-state index contributed by atoms with van der Waals surface area (Å²) >= 11 is 0. The number of nitrogens with zero attached hydrogens (tertiary/aromatic N) is 3. The number of urea groups is 2. The quantitative estimate of drug-likeness (QED) is 0.0298. The smallest absolute Gasteiger partial charge is 0.329 e. The Morgan fingerprint density at radius 2 is 0.990 bits per heavy atom. The molecule has 0 aromatic carbocycles. The third-order valence-electron chi connectivity index (χ3n) is 19.0. The van der Waals surface area contributed by atoms with Gasteiger partial charge in [-0.1, -0.05) is 103 Å². The van der Waals surface area contributed by atoms with Crippen molar-refractivity contribution < 1.29 is 96.8 Å². The van der Waals surface area contributed by atoms with Gasteiger partial charge < -0.3 is 99.6 Å². The molecule has 0 radical (unpaired) electrons. The van der Waals surface area contributed by atoms with Crippen LogP contribution in [-0.4, -0.2) is 259 Å². The van der Waals surface area contributed by atoms with Crippen LogP contribution >= 0.6 is 21.6 Å². The van der Waals surface area contributed by atoms with Crippen LogP contribution < -0.4 is 80.2 Å². The molecule has 1 unspecified atom stereocenters. The molecule has 5 fully saturated rings. The van der Waals surface area contributed by atoms with E-state index in [9.17, 15) is 72.9 Å². The molecule has 5 heterocycles. The van der Waals surface area contributed by atoms with Crippen molar-refractivity contribution in [3.05, 3.63) is 0 Å². The zero-order valence-electron chi connectivity index (χ0n) is 60.3. The van der Waals surface area contributed by atoms with Gasteiger partial charge >= 0.3 is 18.0 Å². The lowest BCUT2D eigenvalue weighted by Gasteiger charge is -2.42. The van der Waals surface area contributed by atoms with Crippen molar-refractivity contribution in [2.24, 2.45) is 29.4 Å². The Morgan fingerprint density at radius 1 is 0.524 bits per heavy atom. The fourth-order valence-corrected chi connectivity index (χ4v) is 14.8. The number of imide groups is 2. The number of hydrogen-bond acceptors (Lipinski definition) is 22. The zero-order valence-corrected chi connectivity index (χ0v) is 62.0. The Balaban J connectivity index is 1.74. The van der Waals surface area contributed by atoms with Gasteiger partial charge in [-0.15, -0.1) is 0 Å². The van der Waals surface area contributed by atoms with Crippen molar-refractivity contribution in [3.63, 3.8) is 0 Å². The van der Waals surface area contributed by atoms with E-state index in [1.165, 1.54) is 16.7 Å². The summed E-state index contributed by atoms with van der Waals surface area (Å²) in [6.45, 7) is 11.8. The third-order valence-corrected chi connectivity index (χ3v) is 21.7. The lowest BCUT2D eigenvalue weighted by Crippen LogP contribution is -2.64. The average molecular weight is 1520 g/mol. The number of aliphatic carboxylic acids is 1. The summed E-state index contributed by atoms with van der Waals surface area (Å²) in [5, 5.41) is 68.0. The number of amides is 18. The Labute approximate surface area is 614 Å². The lowest BCUT2D eigenvalue weighted by atomic mass is 9.92. The highest BCUT2D eigenvalue weighted by molar-refractivity contribution is 8.77. The van der Waals surface area contributed by atoms with Gasteiger partial charge in [-0.25, -0.2) is 9.59 Å². The van der Waals surface area contributed by atoms with Crippen LogP contribution in [0.2, 0.25) is 0 Å². The second kappa shape index (κ2) is 41.0. The Bertz CT molecular complexity index is 3250. The summed E-state index contributed by atoms with van der Waals surface area (Å²) in [4.78, 5) is 247. The van der Waals surface area contributed by atoms with Gasteiger partial charge in [0.1, 0.15) is 72.5 Å². The molecule has 0 aromatic heterocycles. The second-order valence-electron chi connectivity index (χ2n) is 27.0. The van der Waals surface area contributed by atoms with Gasteiger partial charge in [0, 0.05) is 26.2 Å². The van der Waals surface area contributed by atoms with Crippen molar-refractivity contribution >= 4 is 128 Å². The first kappa shape index (κ1) is 86.5. The van der Waals surface area contributed by atoms with E-state index in [0.29, 0.717) is 34.4 Å². The van der Waals surface area contributed by atoms with Gasteiger partial charge in [-0.05, 0) is 82.0 Å². The summed E-state index contributed by atoms with van der Waals surface area (Å²) in [6, 6.07) is -22.1. The molecule has 0 aliphatic carbocycles. The molecule has 41 heteroatoms. The fourth-order valence-electron chi connectivity index (χ4n) is 12.5. The van der Waals surface area contributed by atoms with E-state index >= 15 is 24.0 Å². The van der Waals surface area contributed by atoms with Crippen LogP contribution in [0.5, 0.6) is 0 Å². The molecule has 5 aliphatic heterocycles. The summed E-state index contributed by atoms with van der Waals surface area (Å²) < 4.78 is 0. The van der Waals surface area contributed by atoms with Crippen molar-refractivity contribution in [2.45, 2.75) is 229 Å². The van der Waals surface area contributed by atoms with Crippen molar-refractivity contribution in [1.29, 1.82) is 5.41 Å². The van der Waals surface area contributed by atoms with Crippen molar-refractivity contribution in [1.82, 2.24) is 89.1 Å². The highest BCUT2D eigenvalue weighted by Crippen LogP contribution is 2.32. The van der Waals surface area contributed by atoms with Crippen LogP contribution in [0.1, 0.15) is 146 Å². The maximum Gasteiger partial charge on any atom is 0.329 e. The Morgan fingerprint density at radius 3 is 1.52 bits per heavy atom. The molecule has 20 N–H and O–H groups in total. The van der Waals surface area contributed by atoms with Gasteiger partial charge in [-0.3, -0.25) is 88.0 Å². The van der Waals surface area contributed by atoms with Crippen LogP contribution in [0.25, 0.3) is 0 Å². The van der Waals surface area contributed by atoms with Gasteiger partial charge in [0.2, 0.25) is 70.9 Å². The minimum Gasteiger partial charge on any atom is -0.481 e. The predicted molar refractivity (Wildman–Crippen MR) is 377 cm³/mol. The summed E-state index contributed by atoms with van der Waals surface area (Å²) in [5.41, 5.74) is 5.49. The summed E-state index contributed by atoms with van der Waals surface area (Å²) in [5.74, 6) is -19.7. The standard InChI is InChI=1S/C64H103N19O20S2/c1-10-17-41-60(100)81-22-15-20-40(81)52(94)74-43(30(6)11-2)53(95)77-58-56(98)75-45(32(8)13-4)61(101)82-23-16-19-39(82)51(93)70-35(25-42(86)87)48(90)68-33(9)46(88)79-64(103)80-63(102)76-44(31(7)12-3)54(96)78-57(104-105-58)55(97)73-38(28-85)49(91)69-34(18-14-21-67-62(65)66)47(89)72-37(27-84)50(92)71-36-24-29(5)26-83(41)59(36)99/h29-41,43-45,57-58,84-85H,10-28H2,1-9H3,(H,68,90)(H,69,91)(H,70,93)(H,71,92)(H,72,89)(H,73,97)(H,74,94)(H,75,98)(H,77,95)(H,78,96)(H,86,87)(H4,65,66,67)(H3,76,79,80,88,102,103)/t29?,30-,31-,32-,33-,34-,35-,36-,37-,38-,39-,40-,41-,43-,44-,45-,57-,58-/m0/s1. The first-order chi connectivity index (χ1) is 49.6. The number of nitrogens with two attached hydrogens (primary N) is 1. The number of carboxylic acids is 1. The van der Waals surface area contributed by atoms with Gasteiger partial charge in [0.05, 0.1) is 19.6 Å². The van der Waals surface area contributed by atoms with Crippen LogP contribution in [0.4, 0.5) is 9.59 Å². The fraction of sp³-hybridized carbons (Fsp3) is 0.719. The van der Waals surface area contributed by atoms with Crippen molar-refractivity contribution in [2.75, 3.05) is 39.4 Å². The number of guanidine groups is 1. The number of carboxylic acid groups (broad SMARTS) is 1. The van der Waals surface area contributed by atoms with Gasteiger partial charge in [0.25, 0.3) is 11.8 Å². The first-order valence-electron chi connectivity index (χ1n) is 35.3. The van der Waals surface area contributed by atoms with E-state index in [1.807, 2.05) is 5.32 Å². The molecule has 0 saturated carbocycles. The largest absolute Gasteiger partial charge is 0.481 e. The molecule has 0 aromatic rings. The normalized spacial score (nSPS) is 30.1. The molecule has 5 saturated heterocycles. The number of rotatable bonds is 16. The number of aliphatic hydroxyl groups is 2. The van der Waals surface area contributed by atoms with Crippen LogP contribution in [0, 0.1) is 29.1 Å². The maximum absolute atomic E-state index is 15.4. The highest BCUT2D eigenvalue weighted by atomic mass is 33.1. The minimum atomic E-state index is -2.11. The molecule has 5 aliphatic rings. The van der Waals surface area contributed by atoms with E-state index in [-0.39, 0.29) is 96.3 Å². The predicted octanol–water partition coefficient (Wildman–Crippen LogP) is -5.04. The highest BCUT2D eigenvalue weighted by Gasteiger charge is 2.47. The molecule has 5 rings (SSSR count). The lowest BCUT2D eigenvalue weighted by molar-refractivity contribution is -0.153. The average Bonchev–Trinajstić information content (AvgIpc) is 1.79. The number of carbonyl (C=O) groups is 17.